The van der Waals surface area contributed by atoms with Gasteiger partial charge in [0.15, 0.2) is 0 Å². The number of nitrogens with one attached hydrogen (secondary N) is 1. The van der Waals surface area contributed by atoms with Gasteiger partial charge in [-0.3, -0.25) is 9.69 Å². The van der Waals surface area contributed by atoms with Crippen molar-refractivity contribution in [3.05, 3.63) is 0 Å². The van der Waals surface area contributed by atoms with Crippen molar-refractivity contribution in [3.63, 3.8) is 0 Å². The minimum atomic E-state index is -0.232. The molecule has 0 spiro atoms. The van der Waals surface area contributed by atoms with Gasteiger partial charge in [-0.25, -0.2) is 4.79 Å². The van der Waals surface area contributed by atoms with Crippen LogP contribution in [-0.2, 0) is 4.79 Å². The maximum atomic E-state index is 11.9. The van der Waals surface area contributed by atoms with Crippen LogP contribution in [0, 0.1) is 5.92 Å². The van der Waals surface area contributed by atoms with Crippen molar-refractivity contribution < 1.29 is 9.59 Å². The number of nitrogens with zero attached hydrogens (tertiary/aromatic N) is 2. The first-order chi connectivity index (χ1) is 7.13. The lowest BCUT2D eigenvalue weighted by Crippen LogP contribution is -2.43. The monoisotopic (exact) mass is 211 g/mol. The van der Waals surface area contributed by atoms with Crippen molar-refractivity contribution in [2.45, 2.75) is 18.9 Å². The summed E-state index contributed by atoms with van der Waals surface area (Å²) < 4.78 is 0. The molecule has 0 aliphatic carbocycles. The van der Waals surface area contributed by atoms with Crippen molar-refractivity contribution in [3.8, 4) is 0 Å². The van der Waals surface area contributed by atoms with Crippen molar-refractivity contribution in [1.82, 2.24) is 15.1 Å². The SMILES string of the molecule is CN1C(=O)C(C2CCNCC2)N(C)C1=O. The van der Waals surface area contributed by atoms with Crippen molar-refractivity contribution in [2.75, 3.05) is 27.2 Å². The summed E-state index contributed by atoms with van der Waals surface area (Å²) in [6.07, 6.45) is 1.95. The van der Waals surface area contributed by atoms with E-state index in [2.05, 4.69) is 5.32 Å². The van der Waals surface area contributed by atoms with Gasteiger partial charge in [0.1, 0.15) is 6.04 Å². The van der Waals surface area contributed by atoms with E-state index >= 15 is 0 Å². The molecule has 1 N–H and O–H groups in total. The molecule has 0 aromatic heterocycles. The van der Waals surface area contributed by atoms with Crippen molar-refractivity contribution in [2.24, 2.45) is 5.92 Å². The lowest BCUT2D eigenvalue weighted by Gasteiger charge is -2.29. The molecule has 3 amide bonds. The molecule has 1 atom stereocenters. The molecule has 1 unspecified atom stereocenters. The smallest absolute Gasteiger partial charge is 0.317 e. The molecule has 5 nitrogen and oxygen atoms in total. The first-order valence-electron chi connectivity index (χ1n) is 5.38. The van der Waals surface area contributed by atoms with E-state index < -0.39 is 0 Å². The third kappa shape index (κ3) is 1.61. The highest BCUT2D eigenvalue weighted by atomic mass is 16.2. The standard InChI is InChI=1S/C10H17N3O2/c1-12-8(7-3-5-11-6-4-7)9(14)13(2)10(12)15/h7-8,11H,3-6H2,1-2H3. The first-order valence-corrected chi connectivity index (χ1v) is 5.38. The van der Waals surface area contributed by atoms with Gasteiger partial charge in [0, 0.05) is 14.1 Å². The summed E-state index contributed by atoms with van der Waals surface area (Å²) in [5, 5.41) is 3.26. The maximum absolute atomic E-state index is 11.9. The van der Waals surface area contributed by atoms with Crippen LogP contribution >= 0.6 is 0 Å². The van der Waals surface area contributed by atoms with Gasteiger partial charge in [-0.1, -0.05) is 0 Å². The Morgan fingerprint density at radius 3 is 2.27 bits per heavy atom. The Morgan fingerprint density at radius 2 is 1.80 bits per heavy atom. The third-order valence-electron chi connectivity index (χ3n) is 3.42. The summed E-state index contributed by atoms with van der Waals surface area (Å²) in [6, 6.07) is -0.409. The van der Waals surface area contributed by atoms with Crippen molar-refractivity contribution in [1.29, 1.82) is 0 Å². The summed E-state index contributed by atoms with van der Waals surface area (Å²) in [5.74, 6) is 0.270. The molecule has 0 bridgehead atoms. The van der Waals surface area contributed by atoms with E-state index in [1.54, 1.807) is 19.0 Å². The number of imide groups is 1. The maximum Gasteiger partial charge on any atom is 0.326 e. The molecule has 2 fully saturated rings. The molecule has 2 heterocycles. The number of amides is 3. The topological polar surface area (TPSA) is 52.7 Å². The number of hydrogen-bond donors (Lipinski definition) is 1. The van der Waals surface area contributed by atoms with Gasteiger partial charge < -0.3 is 10.2 Å². The summed E-state index contributed by atoms with van der Waals surface area (Å²) >= 11 is 0. The van der Waals surface area contributed by atoms with Crippen molar-refractivity contribution >= 4 is 11.9 Å². The number of carbonyl (C=O) groups excluding carboxylic acids is 2. The zero-order valence-corrected chi connectivity index (χ0v) is 9.19. The van der Waals surface area contributed by atoms with Crippen LogP contribution in [0.4, 0.5) is 4.79 Å². The van der Waals surface area contributed by atoms with Gasteiger partial charge in [0.25, 0.3) is 5.91 Å². The van der Waals surface area contributed by atoms with Gasteiger partial charge >= 0.3 is 6.03 Å². The minimum Gasteiger partial charge on any atom is -0.317 e. The average Bonchev–Trinajstić information content (AvgIpc) is 2.45. The molecule has 0 aromatic rings. The second-order valence-corrected chi connectivity index (χ2v) is 4.32. The van der Waals surface area contributed by atoms with E-state index in [-0.39, 0.29) is 18.0 Å². The molecule has 15 heavy (non-hydrogen) atoms. The van der Waals surface area contributed by atoms with Crippen LogP contribution in [-0.4, -0.2) is 55.0 Å². The highest BCUT2D eigenvalue weighted by Gasteiger charge is 2.44. The molecule has 2 rings (SSSR count). The van der Waals surface area contributed by atoms with Crippen LogP contribution in [0.15, 0.2) is 0 Å². The summed E-state index contributed by atoms with van der Waals surface area (Å²) in [5.41, 5.74) is 0. The van der Waals surface area contributed by atoms with E-state index in [1.807, 2.05) is 0 Å². The highest BCUT2D eigenvalue weighted by molar-refractivity contribution is 6.03. The molecule has 0 saturated carbocycles. The fourth-order valence-corrected chi connectivity index (χ4v) is 2.49. The number of rotatable bonds is 1. The zero-order chi connectivity index (χ0) is 11.0. The Morgan fingerprint density at radius 1 is 1.20 bits per heavy atom. The summed E-state index contributed by atoms with van der Waals surface area (Å²) in [6.45, 7) is 1.89. The predicted octanol–water partition coefficient (Wildman–Crippen LogP) is -0.122. The second kappa shape index (κ2) is 3.81. The number of hydrogen-bond acceptors (Lipinski definition) is 3. The summed E-state index contributed by atoms with van der Waals surface area (Å²) in [7, 11) is 3.28. The lowest BCUT2D eigenvalue weighted by atomic mass is 9.89. The van der Waals surface area contributed by atoms with Crippen LogP contribution < -0.4 is 5.32 Å². The quantitative estimate of drug-likeness (QED) is 0.615. The second-order valence-electron chi connectivity index (χ2n) is 4.32. The molecule has 2 aliphatic heterocycles. The lowest BCUT2D eigenvalue weighted by molar-refractivity contribution is -0.128. The molecule has 0 radical (unpaired) electrons. The van der Waals surface area contributed by atoms with Gasteiger partial charge in [-0.05, 0) is 31.8 Å². The van der Waals surface area contributed by atoms with E-state index in [4.69, 9.17) is 0 Å². The number of urea groups is 1. The van der Waals surface area contributed by atoms with E-state index in [9.17, 15) is 9.59 Å². The van der Waals surface area contributed by atoms with Gasteiger partial charge in [0.2, 0.25) is 0 Å². The van der Waals surface area contributed by atoms with Crippen LogP contribution in [0.5, 0.6) is 0 Å². The molecular formula is C10H17N3O2. The number of likely N-dealkylation sites (N-methyl/N-ethyl adjacent to an activating group) is 2. The van der Waals surface area contributed by atoms with E-state index in [1.165, 1.54) is 4.90 Å². The van der Waals surface area contributed by atoms with E-state index in [0.717, 1.165) is 25.9 Å². The fraction of sp³-hybridized carbons (Fsp3) is 0.800. The van der Waals surface area contributed by atoms with Crippen LogP contribution in [0.1, 0.15) is 12.8 Å². The van der Waals surface area contributed by atoms with Gasteiger partial charge in [-0.15, -0.1) is 0 Å². The normalized spacial score (nSPS) is 29.1. The Kier molecular flexibility index (Phi) is 2.65. The van der Waals surface area contributed by atoms with Crippen LogP contribution in [0.3, 0.4) is 0 Å². The minimum absolute atomic E-state index is 0.0469. The molecule has 2 aliphatic rings. The fourth-order valence-electron chi connectivity index (χ4n) is 2.49. The molecule has 2 saturated heterocycles. The van der Waals surface area contributed by atoms with Gasteiger partial charge in [0.05, 0.1) is 0 Å². The Bertz CT molecular complexity index is 286. The molecule has 0 aromatic carbocycles. The number of piperidine rings is 1. The zero-order valence-electron chi connectivity index (χ0n) is 9.19. The average molecular weight is 211 g/mol. The number of carbonyl (C=O) groups is 2. The summed E-state index contributed by atoms with van der Waals surface area (Å²) in [4.78, 5) is 26.3. The largest absolute Gasteiger partial charge is 0.326 e. The third-order valence-corrected chi connectivity index (χ3v) is 3.42. The Labute approximate surface area is 89.4 Å². The molecule has 5 heteroatoms. The Hall–Kier alpha value is -1.10. The van der Waals surface area contributed by atoms with Crippen LogP contribution in [0.25, 0.3) is 0 Å². The van der Waals surface area contributed by atoms with Crippen LogP contribution in [0.2, 0.25) is 0 Å². The highest BCUT2D eigenvalue weighted by Crippen LogP contribution is 2.26. The first kappa shape index (κ1) is 10.4. The van der Waals surface area contributed by atoms with E-state index in [0.29, 0.717) is 5.92 Å². The predicted molar refractivity (Wildman–Crippen MR) is 55.3 cm³/mol. The molecule has 84 valence electrons. The molecular weight excluding hydrogens is 194 g/mol. The van der Waals surface area contributed by atoms with Gasteiger partial charge in [-0.2, -0.15) is 0 Å². The Balaban J connectivity index is 2.14.